The zero-order chi connectivity index (χ0) is 12.7. The lowest BCUT2D eigenvalue weighted by molar-refractivity contribution is -0.121. The van der Waals surface area contributed by atoms with Gasteiger partial charge in [0.05, 0.1) is 18.7 Å². The van der Waals surface area contributed by atoms with Crippen molar-refractivity contribution in [2.75, 3.05) is 11.4 Å². The van der Waals surface area contributed by atoms with Crippen LogP contribution in [-0.4, -0.2) is 23.3 Å². The Bertz CT molecular complexity index is 663. The molecule has 1 aliphatic rings. The molecule has 2 aromatic rings. The number of anilines is 1. The van der Waals surface area contributed by atoms with Gasteiger partial charge in [-0.05, 0) is 23.6 Å². The van der Waals surface area contributed by atoms with Crippen molar-refractivity contribution in [1.29, 1.82) is 0 Å². The minimum atomic E-state index is -0.184. The van der Waals surface area contributed by atoms with Gasteiger partial charge in [-0.15, -0.1) is 0 Å². The summed E-state index contributed by atoms with van der Waals surface area (Å²) in [5.74, 6) is -0.110. The van der Waals surface area contributed by atoms with Crippen LogP contribution in [-0.2, 0) is 9.59 Å². The van der Waals surface area contributed by atoms with E-state index in [-0.39, 0.29) is 30.4 Å². The number of fused-ring (bicyclic) bond motifs is 1. The summed E-state index contributed by atoms with van der Waals surface area (Å²) in [6.45, 7) is 0.119. The van der Waals surface area contributed by atoms with Crippen LogP contribution in [0.5, 0.6) is 5.75 Å². The number of phenols is 1. The quantitative estimate of drug-likeness (QED) is 0.775. The second-order valence-electron chi connectivity index (χ2n) is 4.38. The Labute approximate surface area is 103 Å². The lowest BCUT2D eigenvalue weighted by Crippen LogP contribution is -2.24. The number of carbonyl (C=O) groups excluding carboxylic acids is 2. The largest absolute Gasteiger partial charge is 0.508 e. The first-order valence-electron chi connectivity index (χ1n) is 5.69. The molecule has 0 saturated carbocycles. The van der Waals surface area contributed by atoms with E-state index in [0.717, 1.165) is 10.8 Å². The Kier molecular flexibility index (Phi) is 2.30. The van der Waals surface area contributed by atoms with Crippen LogP contribution >= 0.6 is 0 Å². The minimum absolute atomic E-state index is 0.0325. The number of nitrogens with zero attached hydrogens (tertiary/aromatic N) is 1. The summed E-state index contributed by atoms with van der Waals surface area (Å²) in [4.78, 5) is 24.6. The lowest BCUT2D eigenvalue weighted by atomic mass is 10.1. The highest BCUT2D eigenvalue weighted by Crippen LogP contribution is 2.31. The molecule has 2 aromatic carbocycles. The fourth-order valence-corrected chi connectivity index (χ4v) is 2.28. The molecule has 1 heterocycles. The Morgan fingerprint density at radius 3 is 2.67 bits per heavy atom. The Morgan fingerprint density at radius 1 is 1.11 bits per heavy atom. The summed E-state index contributed by atoms with van der Waals surface area (Å²) in [7, 11) is 0. The maximum atomic E-state index is 11.8. The van der Waals surface area contributed by atoms with Crippen molar-refractivity contribution in [3.63, 3.8) is 0 Å². The summed E-state index contributed by atoms with van der Waals surface area (Å²) in [5.41, 5.74) is 0.680. The highest BCUT2D eigenvalue weighted by atomic mass is 16.3. The first-order chi connectivity index (χ1) is 8.65. The van der Waals surface area contributed by atoms with Gasteiger partial charge < -0.3 is 10.0 Å². The summed E-state index contributed by atoms with van der Waals surface area (Å²) in [5, 5.41) is 11.3. The van der Waals surface area contributed by atoms with E-state index in [1.807, 2.05) is 12.1 Å². The van der Waals surface area contributed by atoms with Crippen LogP contribution in [0.2, 0.25) is 0 Å². The number of benzene rings is 2. The van der Waals surface area contributed by atoms with Gasteiger partial charge >= 0.3 is 0 Å². The number of aromatic hydroxyl groups is 1. The van der Waals surface area contributed by atoms with Crippen molar-refractivity contribution in [2.45, 2.75) is 6.42 Å². The maximum absolute atomic E-state index is 11.8. The van der Waals surface area contributed by atoms with Crippen molar-refractivity contribution in [2.24, 2.45) is 0 Å². The minimum Gasteiger partial charge on any atom is -0.508 e. The van der Waals surface area contributed by atoms with Gasteiger partial charge in [-0.1, -0.05) is 18.2 Å². The van der Waals surface area contributed by atoms with Crippen LogP contribution in [0.1, 0.15) is 6.42 Å². The number of ketones is 1. The molecule has 0 aromatic heterocycles. The topological polar surface area (TPSA) is 57.6 Å². The van der Waals surface area contributed by atoms with Gasteiger partial charge in [-0.2, -0.15) is 0 Å². The summed E-state index contributed by atoms with van der Waals surface area (Å²) in [6.07, 6.45) is -0.0325. The maximum Gasteiger partial charge on any atom is 0.234 e. The third-order valence-corrected chi connectivity index (χ3v) is 3.12. The van der Waals surface area contributed by atoms with Crippen LogP contribution < -0.4 is 4.90 Å². The Morgan fingerprint density at radius 2 is 1.94 bits per heavy atom. The number of hydrogen-bond acceptors (Lipinski definition) is 3. The van der Waals surface area contributed by atoms with E-state index in [1.54, 1.807) is 24.3 Å². The van der Waals surface area contributed by atoms with Crippen LogP contribution in [0, 0.1) is 0 Å². The predicted octanol–water partition coefficient (Wildman–Crippen LogP) is 1.85. The molecule has 3 rings (SSSR count). The standard InChI is InChI=1S/C14H11NO3/c16-10-5-4-9-2-1-3-13(12(9)6-10)15-8-11(17)7-14(15)18/h1-6,16H,7-8H2. The molecule has 1 aliphatic heterocycles. The Hall–Kier alpha value is -2.36. The Balaban J connectivity index is 2.20. The average Bonchev–Trinajstić information content (AvgIpc) is 2.67. The van der Waals surface area contributed by atoms with Gasteiger partial charge in [0.1, 0.15) is 5.75 Å². The molecule has 18 heavy (non-hydrogen) atoms. The molecule has 1 N–H and O–H groups in total. The molecular formula is C14H11NO3. The van der Waals surface area contributed by atoms with Crippen molar-refractivity contribution < 1.29 is 14.7 Å². The predicted molar refractivity (Wildman–Crippen MR) is 67.6 cm³/mol. The van der Waals surface area contributed by atoms with Gasteiger partial charge in [0.25, 0.3) is 0 Å². The van der Waals surface area contributed by atoms with Crippen LogP contribution in [0.4, 0.5) is 5.69 Å². The third-order valence-electron chi connectivity index (χ3n) is 3.12. The average molecular weight is 241 g/mol. The van der Waals surface area contributed by atoms with Crippen LogP contribution in [0.3, 0.4) is 0 Å². The molecule has 0 spiro atoms. The second-order valence-corrected chi connectivity index (χ2v) is 4.38. The molecule has 0 radical (unpaired) electrons. The number of hydrogen-bond donors (Lipinski definition) is 1. The number of amides is 1. The van der Waals surface area contributed by atoms with E-state index in [4.69, 9.17) is 0 Å². The van der Waals surface area contributed by atoms with Crippen LogP contribution in [0.15, 0.2) is 36.4 Å². The van der Waals surface area contributed by atoms with Gasteiger partial charge in [-0.3, -0.25) is 9.59 Å². The molecule has 1 amide bonds. The van der Waals surface area contributed by atoms with E-state index in [2.05, 4.69) is 0 Å². The number of Topliss-reactive ketones (excluding diaryl/α,β-unsaturated/α-hetero) is 1. The fourth-order valence-electron chi connectivity index (χ4n) is 2.28. The number of phenolic OH excluding ortho intramolecular Hbond substituents is 1. The molecule has 0 unspecified atom stereocenters. The smallest absolute Gasteiger partial charge is 0.234 e. The van der Waals surface area contributed by atoms with E-state index in [9.17, 15) is 14.7 Å². The number of carbonyl (C=O) groups is 2. The van der Waals surface area contributed by atoms with Crippen molar-refractivity contribution in [1.82, 2.24) is 0 Å². The van der Waals surface area contributed by atoms with E-state index in [1.165, 1.54) is 4.90 Å². The van der Waals surface area contributed by atoms with Crippen molar-refractivity contribution in [3.8, 4) is 5.75 Å². The highest BCUT2D eigenvalue weighted by molar-refractivity contribution is 6.17. The number of rotatable bonds is 1. The first kappa shape index (κ1) is 10.8. The molecule has 0 bridgehead atoms. The molecule has 0 aliphatic carbocycles. The molecule has 4 heteroatoms. The zero-order valence-electron chi connectivity index (χ0n) is 9.59. The fraction of sp³-hybridized carbons (Fsp3) is 0.143. The third kappa shape index (κ3) is 1.62. The normalized spacial score (nSPS) is 15.7. The van der Waals surface area contributed by atoms with Gasteiger partial charge in [0.15, 0.2) is 5.78 Å². The van der Waals surface area contributed by atoms with Crippen LogP contribution in [0.25, 0.3) is 10.8 Å². The lowest BCUT2D eigenvalue weighted by Gasteiger charge is -2.17. The summed E-state index contributed by atoms with van der Waals surface area (Å²) in [6, 6.07) is 10.5. The highest BCUT2D eigenvalue weighted by Gasteiger charge is 2.29. The summed E-state index contributed by atoms with van der Waals surface area (Å²) < 4.78 is 0. The van der Waals surface area contributed by atoms with Gasteiger partial charge in [-0.25, -0.2) is 0 Å². The van der Waals surface area contributed by atoms with E-state index >= 15 is 0 Å². The van der Waals surface area contributed by atoms with Crippen molar-refractivity contribution in [3.05, 3.63) is 36.4 Å². The monoisotopic (exact) mass is 241 g/mol. The van der Waals surface area contributed by atoms with E-state index < -0.39 is 0 Å². The van der Waals surface area contributed by atoms with Gasteiger partial charge in [0.2, 0.25) is 5.91 Å². The summed E-state index contributed by atoms with van der Waals surface area (Å²) >= 11 is 0. The molecule has 1 fully saturated rings. The van der Waals surface area contributed by atoms with E-state index in [0.29, 0.717) is 5.69 Å². The van der Waals surface area contributed by atoms with Crippen molar-refractivity contribution >= 4 is 28.2 Å². The molecule has 1 saturated heterocycles. The SMILES string of the molecule is O=C1CC(=O)N(c2cccc3ccc(O)cc23)C1. The second kappa shape index (κ2) is 3.84. The van der Waals surface area contributed by atoms with Gasteiger partial charge in [0, 0.05) is 5.39 Å². The molecular weight excluding hydrogens is 230 g/mol. The molecule has 90 valence electrons. The molecule has 0 atom stereocenters. The first-order valence-corrected chi connectivity index (χ1v) is 5.69. The molecule has 4 nitrogen and oxygen atoms in total. The zero-order valence-corrected chi connectivity index (χ0v) is 9.59.